The zero-order chi connectivity index (χ0) is 14.8. The van der Waals surface area contributed by atoms with Crippen molar-refractivity contribution in [1.29, 1.82) is 5.26 Å². The summed E-state index contributed by atoms with van der Waals surface area (Å²) in [6.45, 7) is 5.37. The van der Waals surface area contributed by atoms with Gasteiger partial charge in [0.15, 0.2) is 0 Å². The van der Waals surface area contributed by atoms with Gasteiger partial charge < -0.3 is 10.3 Å². The molecule has 0 radical (unpaired) electrons. The van der Waals surface area contributed by atoms with Crippen LogP contribution in [0.5, 0.6) is 0 Å². The van der Waals surface area contributed by atoms with Gasteiger partial charge in [0.05, 0.1) is 11.5 Å². The fraction of sp³-hybridized carbons (Fsp3) is 0.438. The average molecular weight is 290 g/mol. The molecule has 2 N–H and O–H groups in total. The van der Waals surface area contributed by atoms with Gasteiger partial charge in [0.25, 0.3) is 0 Å². The summed E-state index contributed by atoms with van der Waals surface area (Å²) in [6.07, 6.45) is 3.80. The van der Waals surface area contributed by atoms with Gasteiger partial charge in [-0.15, -0.1) is 0 Å². The second-order valence-corrected chi connectivity index (χ2v) is 6.23. The molecule has 0 spiro atoms. The maximum Gasteiger partial charge on any atom is 0.0684 e. The van der Waals surface area contributed by atoms with Crippen LogP contribution in [0.15, 0.2) is 24.4 Å². The predicted octanol–water partition coefficient (Wildman–Crippen LogP) is 3.74. The molecule has 4 heteroatoms. The summed E-state index contributed by atoms with van der Waals surface area (Å²) in [5, 5.41) is 11.1. The Bertz CT molecular complexity index is 650. The third-order valence-corrected chi connectivity index (χ3v) is 3.86. The lowest BCUT2D eigenvalue weighted by molar-refractivity contribution is 0.417. The number of rotatable bonds is 5. The lowest BCUT2D eigenvalue weighted by Crippen LogP contribution is -2.12. The quantitative estimate of drug-likeness (QED) is 0.911. The second kappa shape index (κ2) is 5.87. The first-order valence-electron chi connectivity index (χ1n) is 6.85. The maximum absolute atomic E-state index is 9.12. The molecule has 0 amide bonds. The Balaban J connectivity index is 2.37. The van der Waals surface area contributed by atoms with Gasteiger partial charge >= 0.3 is 0 Å². The smallest absolute Gasteiger partial charge is 0.0684 e. The van der Waals surface area contributed by atoms with Gasteiger partial charge in [0.1, 0.15) is 0 Å². The third-order valence-electron chi connectivity index (χ3n) is 3.62. The zero-order valence-electron chi connectivity index (χ0n) is 12.0. The average Bonchev–Trinajstić information content (AvgIpc) is 2.75. The number of halogens is 1. The molecule has 20 heavy (non-hydrogen) atoms. The minimum Gasteiger partial charge on any atom is -0.347 e. The Labute approximate surface area is 124 Å². The van der Waals surface area contributed by atoms with Crippen molar-refractivity contribution in [2.24, 2.45) is 11.1 Å². The Morgan fingerprint density at radius 3 is 2.80 bits per heavy atom. The van der Waals surface area contributed by atoms with E-state index in [0.29, 0.717) is 6.54 Å². The number of fused-ring (bicyclic) bond motifs is 1. The lowest BCUT2D eigenvalue weighted by Gasteiger charge is -2.15. The number of aromatic nitrogens is 1. The van der Waals surface area contributed by atoms with E-state index in [1.807, 2.05) is 26.0 Å². The van der Waals surface area contributed by atoms with Crippen molar-refractivity contribution in [2.75, 3.05) is 6.54 Å². The highest BCUT2D eigenvalue weighted by molar-refractivity contribution is 6.31. The molecule has 1 heterocycles. The van der Waals surface area contributed by atoms with Crippen LogP contribution in [0.2, 0.25) is 5.02 Å². The van der Waals surface area contributed by atoms with Crippen LogP contribution in [0.4, 0.5) is 0 Å². The van der Waals surface area contributed by atoms with Crippen LogP contribution in [0, 0.1) is 16.7 Å². The number of benzene rings is 1. The first-order valence-corrected chi connectivity index (χ1v) is 7.23. The molecule has 106 valence electrons. The van der Waals surface area contributed by atoms with E-state index in [2.05, 4.69) is 22.9 Å². The molecule has 2 rings (SSSR count). The molecule has 3 nitrogen and oxygen atoms in total. The molecule has 1 aromatic heterocycles. The molecule has 0 aliphatic carbocycles. The van der Waals surface area contributed by atoms with E-state index in [0.717, 1.165) is 29.9 Å². The molecule has 1 aromatic carbocycles. The fourth-order valence-corrected chi connectivity index (χ4v) is 2.50. The van der Waals surface area contributed by atoms with E-state index in [4.69, 9.17) is 22.6 Å². The van der Waals surface area contributed by atoms with Gasteiger partial charge in [-0.05, 0) is 50.9 Å². The number of hydrogen-bond acceptors (Lipinski definition) is 2. The van der Waals surface area contributed by atoms with Crippen LogP contribution in [0.3, 0.4) is 0 Å². The van der Waals surface area contributed by atoms with E-state index in [1.165, 1.54) is 10.9 Å². The minimum absolute atomic E-state index is 0.316. The summed E-state index contributed by atoms with van der Waals surface area (Å²) in [7, 11) is 0. The molecular weight excluding hydrogens is 270 g/mol. The highest BCUT2D eigenvalue weighted by atomic mass is 35.5. The van der Waals surface area contributed by atoms with Crippen molar-refractivity contribution in [1.82, 2.24) is 4.57 Å². The van der Waals surface area contributed by atoms with Crippen LogP contribution in [0.1, 0.15) is 25.8 Å². The molecular formula is C16H20ClN3. The Hall–Kier alpha value is -1.50. The number of nitrogens with zero attached hydrogens (tertiary/aromatic N) is 2. The van der Waals surface area contributed by atoms with Gasteiger partial charge in [0, 0.05) is 28.7 Å². The molecule has 0 unspecified atom stereocenters. The van der Waals surface area contributed by atoms with E-state index in [-0.39, 0.29) is 5.41 Å². The Kier molecular flexibility index (Phi) is 4.37. The van der Waals surface area contributed by atoms with Gasteiger partial charge in [0.2, 0.25) is 0 Å². The normalized spacial score (nSPS) is 11.8. The molecule has 0 bridgehead atoms. The summed E-state index contributed by atoms with van der Waals surface area (Å²) >= 11 is 6.10. The van der Waals surface area contributed by atoms with Crippen LogP contribution in [-0.4, -0.2) is 11.1 Å². The zero-order valence-corrected chi connectivity index (χ0v) is 12.7. The summed E-state index contributed by atoms with van der Waals surface area (Å²) in [5.41, 5.74) is 7.73. The molecule has 0 saturated carbocycles. The van der Waals surface area contributed by atoms with Crippen molar-refractivity contribution in [3.05, 3.63) is 35.0 Å². The number of aryl methyl sites for hydroxylation is 1. The van der Waals surface area contributed by atoms with Gasteiger partial charge in [-0.25, -0.2) is 0 Å². The van der Waals surface area contributed by atoms with Crippen molar-refractivity contribution >= 4 is 22.5 Å². The monoisotopic (exact) mass is 289 g/mol. The van der Waals surface area contributed by atoms with Gasteiger partial charge in [-0.1, -0.05) is 17.7 Å². The highest BCUT2D eigenvalue weighted by Gasteiger charge is 2.17. The summed E-state index contributed by atoms with van der Waals surface area (Å²) < 4.78 is 2.19. The Morgan fingerprint density at radius 2 is 2.15 bits per heavy atom. The predicted molar refractivity (Wildman–Crippen MR) is 83.7 cm³/mol. The van der Waals surface area contributed by atoms with Crippen molar-refractivity contribution in [3.63, 3.8) is 0 Å². The standard InChI is InChI=1S/C16H20ClN3/c1-16(2,11-19)6-8-20-10-12(5-7-18)14-4-3-13(17)9-15(14)20/h3-4,9-10H,5-8,18H2,1-2H3. The summed E-state index contributed by atoms with van der Waals surface area (Å²) in [4.78, 5) is 0. The molecule has 0 aliphatic heterocycles. The topological polar surface area (TPSA) is 54.7 Å². The maximum atomic E-state index is 9.12. The molecule has 0 atom stereocenters. The molecule has 0 saturated heterocycles. The number of nitriles is 1. The minimum atomic E-state index is -0.316. The largest absolute Gasteiger partial charge is 0.347 e. The van der Waals surface area contributed by atoms with Crippen LogP contribution in [-0.2, 0) is 13.0 Å². The fourth-order valence-electron chi connectivity index (χ4n) is 2.34. The first kappa shape index (κ1) is 14.9. The van der Waals surface area contributed by atoms with E-state index >= 15 is 0 Å². The molecule has 2 aromatic rings. The van der Waals surface area contributed by atoms with Crippen LogP contribution < -0.4 is 5.73 Å². The van der Waals surface area contributed by atoms with E-state index < -0.39 is 0 Å². The van der Waals surface area contributed by atoms with Crippen molar-refractivity contribution in [3.8, 4) is 6.07 Å². The highest BCUT2D eigenvalue weighted by Crippen LogP contribution is 2.27. The summed E-state index contributed by atoms with van der Waals surface area (Å²) in [5.74, 6) is 0. The van der Waals surface area contributed by atoms with Crippen LogP contribution >= 0.6 is 11.6 Å². The van der Waals surface area contributed by atoms with Crippen molar-refractivity contribution < 1.29 is 0 Å². The van der Waals surface area contributed by atoms with Gasteiger partial charge in [-0.2, -0.15) is 5.26 Å². The van der Waals surface area contributed by atoms with Crippen LogP contribution in [0.25, 0.3) is 10.9 Å². The summed E-state index contributed by atoms with van der Waals surface area (Å²) in [6, 6.07) is 8.29. The van der Waals surface area contributed by atoms with E-state index in [1.54, 1.807) is 0 Å². The van der Waals surface area contributed by atoms with E-state index in [9.17, 15) is 0 Å². The Morgan fingerprint density at radius 1 is 1.40 bits per heavy atom. The lowest BCUT2D eigenvalue weighted by atomic mass is 9.91. The molecule has 0 fully saturated rings. The molecule has 0 aliphatic rings. The third kappa shape index (κ3) is 3.15. The SMILES string of the molecule is CC(C)(C#N)CCn1cc(CCN)c2ccc(Cl)cc21. The number of nitrogens with two attached hydrogens (primary N) is 1. The first-order chi connectivity index (χ1) is 9.46. The second-order valence-electron chi connectivity index (χ2n) is 5.79. The number of hydrogen-bond donors (Lipinski definition) is 1. The van der Waals surface area contributed by atoms with Crippen molar-refractivity contribution in [2.45, 2.75) is 33.2 Å². The van der Waals surface area contributed by atoms with Gasteiger partial charge in [-0.3, -0.25) is 0 Å².